The first-order valence-electron chi connectivity index (χ1n) is 15.6. The summed E-state index contributed by atoms with van der Waals surface area (Å²) in [6, 6.07) is 25.9. The number of ether oxygens (including phenoxy) is 2. The summed E-state index contributed by atoms with van der Waals surface area (Å²) >= 11 is 1.16. The van der Waals surface area contributed by atoms with Crippen LogP contribution in [0, 0.1) is 20.2 Å². The number of nitrogens with zero attached hydrogens (tertiary/aromatic N) is 4. The number of nitro groups is 2. The van der Waals surface area contributed by atoms with Crippen LogP contribution in [-0.2, 0) is 9.53 Å². The number of hydrogen-bond donors (Lipinski definition) is 0. The Morgan fingerprint density at radius 3 is 2.36 bits per heavy atom. The van der Waals surface area contributed by atoms with Crippen molar-refractivity contribution in [3.63, 3.8) is 0 Å². The Morgan fingerprint density at radius 1 is 0.960 bits per heavy atom. The van der Waals surface area contributed by atoms with Crippen LogP contribution in [-0.4, -0.2) is 27.0 Å². The Labute approximate surface area is 289 Å². The van der Waals surface area contributed by atoms with Crippen molar-refractivity contribution in [2.75, 3.05) is 6.61 Å². The van der Waals surface area contributed by atoms with Crippen LogP contribution < -0.4 is 19.6 Å². The molecule has 0 saturated heterocycles. The van der Waals surface area contributed by atoms with Crippen molar-refractivity contribution in [2.45, 2.75) is 32.7 Å². The molecule has 4 aromatic carbocycles. The predicted octanol–water partition coefficient (Wildman–Crippen LogP) is 6.67. The number of esters is 1. The molecule has 1 atom stereocenters. The quantitative estimate of drug-likeness (QED) is 0.0894. The van der Waals surface area contributed by atoms with Crippen molar-refractivity contribution in [1.29, 1.82) is 0 Å². The first-order valence-corrected chi connectivity index (χ1v) is 16.5. The molecule has 0 radical (unpaired) electrons. The minimum atomic E-state index is -0.832. The Bertz CT molecular complexity index is 2350. The molecule has 0 amide bonds. The van der Waals surface area contributed by atoms with Crippen LogP contribution >= 0.6 is 11.3 Å². The second-order valence-electron chi connectivity index (χ2n) is 11.6. The first kappa shape index (κ1) is 33.7. The van der Waals surface area contributed by atoms with E-state index in [-0.39, 0.29) is 35.2 Å². The fourth-order valence-corrected chi connectivity index (χ4v) is 6.61. The Balaban J connectivity index is 1.49. The third-order valence-electron chi connectivity index (χ3n) is 8.03. The number of fused-ring (bicyclic) bond motifs is 1. The number of carbonyl (C=O) groups is 1. The van der Waals surface area contributed by atoms with Crippen LogP contribution in [0.3, 0.4) is 0 Å². The van der Waals surface area contributed by atoms with Gasteiger partial charge in [0.1, 0.15) is 5.75 Å². The minimum absolute atomic E-state index is 0.134. The highest BCUT2D eigenvalue weighted by Crippen LogP contribution is 2.36. The van der Waals surface area contributed by atoms with Crippen molar-refractivity contribution in [3.8, 4) is 11.5 Å². The average Bonchev–Trinajstić information content (AvgIpc) is 3.41. The van der Waals surface area contributed by atoms with Gasteiger partial charge >= 0.3 is 11.7 Å². The Hall–Kier alpha value is -6.21. The van der Waals surface area contributed by atoms with Crippen molar-refractivity contribution < 1.29 is 24.1 Å². The number of carbonyl (C=O) groups excluding carboxylic acids is 1. The summed E-state index contributed by atoms with van der Waals surface area (Å²) in [5.74, 6) is -0.270. The highest BCUT2D eigenvalue weighted by Gasteiger charge is 2.35. The zero-order chi connectivity index (χ0) is 35.5. The van der Waals surface area contributed by atoms with E-state index >= 15 is 0 Å². The van der Waals surface area contributed by atoms with Crippen molar-refractivity contribution in [3.05, 3.63) is 165 Å². The summed E-state index contributed by atoms with van der Waals surface area (Å²) in [6.07, 6.45) is 1.65. The van der Waals surface area contributed by atoms with Gasteiger partial charge in [-0.05, 0) is 53.8 Å². The normalized spacial score (nSPS) is 14.2. The summed E-state index contributed by atoms with van der Waals surface area (Å²) in [6.45, 7) is 6.03. The summed E-state index contributed by atoms with van der Waals surface area (Å²) in [7, 11) is 0. The highest BCUT2D eigenvalue weighted by molar-refractivity contribution is 7.07. The van der Waals surface area contributed by atoms with Crippen LogP contribution in [0.15, 0.2) is 112 Å². The lowest BCUT2D eigenvalue weighted by Gasteiger charge is -2.26. The Kier molecular flexibility index (Phi) is 9.50. The number of aromatic nitrogens is 1. The lowest BCUT2D eigenvalue weighted by molar-refractivity contribution is -0.394. The highest BCUT2D eigenvalue weighted by atomic mass is 32.1. The molecule has 1 aliphatic heterocycles. The molecule has 0 N–H and O–H groups in total. The van der Waals surface area contributed by atoms with Gasteiger partial charge in [-0.3, -0.25) is 29.6 Å². The number of rotatable bonds is 10. The lowest BCUT2D eigenvalue weighted by atomic mass is 9.91. The van der Waals surface area contributed by atoms with E-state index in [2.05, 4.69) is 13.8 Å². The van der Waals surface area contributed by atoms with E-state index in [0.29, 0.717) is 31.7 Å². The van der Waals surface area contributed by atoms with Crippen LogP contribution in [0.5, 0.6) is 11.5 Å². The van der Waals surface area contributed by atoms with Gasteiger partial charge in [-0.2, -0.15) is 0 Å². The van der Waals surface area contributed by atoms with Crippen LogP contribution in [0.25, 0.3) is 11.8 Å². The number of non-ortho nitro benzene ring substituents is 1. The molecule has 2 heterocycles. The molecule has 0 aliphatic carbocycles. The second-order valence-corrected chi connectivity index (χ2v) is 12.6. The predicted molar refractivity (Wildman–Crippen MR) is 188 cm³/mol. The van der Waals surface area contributed by atoms with E-state index in [0.717, 1.165) is 29.0 Å². The summed E-state index contributed by atoms with van der Waals surface area (Å²) in [5.41, 5.74) is 2.34. The molecule has 0 unspecified atom stereocenters. The van der Waals surface area contributed by atoms with Gasteiger partial charge in [-0.1, -0.05) is 91.9 Å². The molecule has 252 valence electrons. The van der Waals surface area contributed by atoms with Crippen LogP contribution in [0.1, 0.15) is 55.0 Å². The second kappa shape index (κ2) is 14.1. The van der Waals surface area contributed by atoms with E-state index in [1.807, 2.05) is 54.6 Å². The van der Waals surface area contributed by atoms with Crippen molar-refractivity contribution in [2.24, 2.45) is 4.99 Å². The molecule has 1 aromatic heterocycles. The van der Waals surface area contributed by atoms with Crippen molar-refractivity contribution in [1.82, 2.24) is 4.57 Å². The van der Waals surface area contributed by atoms with E-state index in [1.165, 1.54) is 10.6 Å². The lowest BCUT2D eigenvalue weighted by Crippen LogP contribution is -2.40. The van der Waals surface area contributed by atoms with Gasteiger partial charge in [0.15, 0.2) is 4.80 Å². The molecule has 1 aliphatic rings. The molecule has 0 fully saturated rings. The van der Waals surface area contributed by atoms with Gasteiger partial charge in [0.05, 0.1) is 44.4 Å². The zero-order valence-electron chi connectivity index (χ0n) is 27.1. The summed E-state index contributed by atoms with van der Waals surface area (Å²) in [4.78, 5) is 54.6. The van der Waals surface area contributed by atoms with Gasteiger partial charge in [0.2, 0.25) is 5.75 Å². The summed E-state index contributed by atoms with van der Waals surface area (Å²) < 4.78 is 13.2. The fourth-order valence-electron chi connectivity index (χ4n) is 5.61. The molecule has 50 heavy (non-hydrogen) atoms. The molecule has 6 rings (SSSR count). The monoisotopic (exact) mass is 690 g/mol. The SMILES string of the molecule is CCOC(=O)C1=C(c2ccccc2)N=c2s/c(=C/c3cccc(Oc4ccc([N+](=O)[O-])cc4[N+](=O)[O-])c3)c(=O)n2[C@H]1c1ccc(C(C)C)cc1. The maximum Gasteiger partial charge on any atom is 0.338 e. The van der Waals surface area contributed by atoms with E-state index in [4.69, 9.17) is 14.5 Å². The number of thiazole rings is 1. The molecular formula is C37H30N4O8S. The number of nitro benzene ring substituents is 2. The van der Waals surface area contributed by atoms with E-state index in [1.54, 1.807) is 37.3 Å². The van der Waals surface area contributed by atoms with Crippen LogP contribution in [0.2, 0.25) is 0 Å². The van der Waals surface area contributed by atoms with Crippen molar-refractivity contribution >= 4 is 40.5 Å². The molecule has 13 heteroatoms. The topological polar surface area (TPSA) is 156 Å². The third kappa shape index (κ3) is 6.71. The van der Waals surface area contributed by atoms with Gasteiger partial charge in [-0.25, -0.2) is 9.79 Å². The number of hydrogen-bond acceptors (Lipinski definition) is 10. The fraction of sp³-hybridized carbons (Fsp3) is 0.162. The summed E-state index contributed by atoms with van der Waals surface area (Å²) in [5, 5.41) is 22.8. The first-order chi connectivity index (χ1) is 24.0. The zero-order valence-corrected chi connectivity index (χ0v) is 28.0. The standard InChI is InChI=1S/C37H30N4O8S/c1-4-48-36(43)32-33(25-10-6-5-7-11-25)38-37-39(34(32)26-15-13-24(14-16-26)22(2)3)35(42)31(50-37)20-23-9-8-12-28(19-23)49-30-18-17-27(40(44)45)21-29(30)41(46)47/h5-22,34H,4H2,1-3H3/b31-20+/t34-/m0/s1. The maximum absolute atomic E-state index is 14.3. The maximum atomic E-state index is 14.3. The molecule has 5 aromatic rings. The van der Waals surface area contributed by atoms with E-state index < -0.39 is 33.2 Å². The van der Waals surface area contributed by atoms with Gasteiger partial charge < -0.3 is 9.47 Å². The Morgan fingerprint density at radius 2 is 1.70 bits per heavy atom. The third-order valence-corrected chi connectivity index (χ3v) is 9.01. The molecule has 0 bridgehead atoms. The molecule has 0 saturated carbocycles. The van der Waals surface area contributed by atoms with Gasteiger partial charge in [-0.15, -0.1) is 0 Å². The molecule has 12 nitrogen and oxygen atoms in total. The van der Waals surface area contributed by atoms with E-state index in [9.17, 15) is 29.8 Å². The molecule has 0 spiro atoms. The largest absolute Gasteiger partial charge is 0.463 e. The minimum Gasteiger partial charge on any atom is -0.463 e. The number of benzene rings is 4. The smallest absolute Gasteiger partial charge is 0.338 e. The van der Waals surface area contributed by atoms with Gasteiger partial charge in [0, 0.05) is 11.6 Å². The average molecular weight is 691 g/mol. The molecular weight excluding hydrogens is 660 g/mol. The van der Waals surface area contributed by atoms with Gasteiger partial charge in [0.25, 0.3) is 11.2 Å². The van der Waals surface area contributed by atoms with Crippen LogP contribution in [0.4, 0.5) is 11.4 Å².